The fourth-order valence-corrected chi connectivity index (χ4v) is 3.49. The average molecular weight is 338 g/mol. The summed E-state index contributed by atoms with van der Waals surface area (Å²) >= 11 is 0. The van der Waals surface area contributed by atoms with Crippen molar-refractivity contribution in [2.45, 2.75) is 18.4 Å². The van der Waals surface area contributed by atoms with E-state index in [-0.39, 0.29) is 11.6 Å². The Balaban J connectivity index is 1.42. The van der Waals surface area contributed by atoms with Crippen molar-refractivity contribution < 1.29 is 4.79 Å². The van der Waals surface area contributed by atoms with E-state index in [0.29, 0.717) is 17.1 Å². The van der Waals surface area contributed by atoms with Crippen LogP contribution in [0.1, 0.15) is 12.8 Å². The van der Waals surface area contributed by atoms with E-state index < -0.39 is 0 Å². The van der Waals surface area contributed by atoms with Gasteiger partial charge in [0, 0.05) is 31.2 Å². The molecule has 2 fully saturated rings. The molecule has 0 aromatic carbocycles. The zero-order chi connectivity index (χ0) is 16.9. The fraction of sp³-hybridized carbons (Fsp3) is 0.375. The first-order valence-corrected chi connectivity index (χ1v) is 8.37. The molecule has 1 spiro atoms. The number of piperazine rings is 1. The lowest BCUT2D eigenvalue weighted by molar-refractivity contribution is 0.160. The van der Waals surface area contributed by atoms with Crippen LogP contribution in [0.5, 0.6) is 0 Å². The number of hydrogen-bond acceptors (Lipinski definition) is 5. The second-order valence-corrected chi connectivity index (χ2v) is 6.67. The van der Waals surface area contributed by atoms with Gasteiger partial charge in [-0.05, 0) is 18.9 Å². The third kappa shape index (κ3) is 2.35. The van der Waals surface area contributed by atoms with E-state index in [0.717, 1.165) is 43.4 Å². The van der Waals surface area contributed by atoms with Crippen LogP contribution in [0.2, 0.25) is 0 Å². The summed E-state index contributed by atoms with van der Waals surface area (Å²) in [7, 11) is 0. The van der Waals surface area contributed by atoms with Crippen LogP contribution in [-0.4, -0.2) is 61.5 Å². The van der Waals surface area contributed by atoms with E-state index in [2.05, 4.69) is 36.0 Å². The lowest BCUT2D eigenvalue weighted by atomic mass is 10.1. The molecule has 9 heteroatoms. The SMILES string of the molecule is O=C(Nc1cn[nH]c1-c1cc2[nH]ncc2cn1)N1CCNCC12CC2. The minimum atomic E-state index is -0.0794. The summed E-state index contributed by atoms with van der Waals surface area (Å²) in [5.41, 5.74) is 2.90. The van der Waals surface area contributed by atoms with Crippen molar-refractivity contribution in [3.05, 3.63) is 24.7 Å². The van der Waals surface area contributed by atoms with Gasteiger partial charge >= 0.3 is 6.03 Å². The third-order valence-corrected chi connectivity index (χ3v) is 5.07. The van der Waals surface area contributed by atoms with Crippen molar-refractivity contribution in [3.8, 4) is 11.4 Å². The number of H-pyrrole nitrogens is 2. The van der Waals surface area contributed by atoms with Gasteiger partial charge in [-0.25, -0.2) is 4.79 Å². The molecule has 4 N–H and O–H groups in total. The quantitative estimate of drug-likeness (QED) is 0.562. The first-order valence-electron chi connectivity index (χ1n) is 8.37. The molecule has 0 radical (unpaired) electrons. The third-order valence-electron chi connectivity index (χ3n) is 5.07. The molecule has 0 bridgehead atoms. The summed E-state index contributed by atoms with van der Waals surface area (Å²) in [6, 6.07) is 1.81. The molecule has 1 saturated carbocycles. The molecule has 1 aliphatic heterocycles. The Morgan fingerprint density at radius 2 is 2.08 bits per heavy atom. The Morgan fingerprint density at radius 3 is 2.96 bits per heavy atom. The summed E-state index contributed by atoms with van der Waals surface area (Å²) < 4.78 is 0. The van der Waals surface area contributed by atoms with Crippen LogP contribution in [0.15, 0.2) is 24.7 Å². The Bertz CT molecular complexity index is 940. The number of nitrogens with one attached hydrogen (secondary N) is 4. The molecular formula is C16H18N8O. The first kappa shape index (κ1) is 14.4. The molecule has 1 saturated heterocycles. The smallest absolute Gasteiger partial charge is 0.316 e. The Kier molecular flexibility index (Phi) is 3.04. The Hall–Kier alpha value is -2.94. The van der Waals surface area contributed by atoms with E-state index in [9.17, 15) is 4.79 Å². The number of anilines is 1. The molecule has 128 valence electrons. The highest BCUT2D eigenvalue weighted by molar-refractivity contribution is 5.94. The zero-order valence-electron chi connectivity index (χ0n) is 13.5. The summed E-state index contributed by atoms with van der Waals surface area (Å²) in [5, 5.41) is 21.2. The number of aromatic amines is 2. The van der Waals surface area contributed by atoms with Gasteiger partial charge in [0.15, 0.2) is 0 Å². The summed E-state index contributed by atoms with van der Waals surface area (Å²) in [4.78, 5) is 19.2. The number of pyridine rings is 1. The van der Waals surface area contributed by atoms with Gasteiger partial charge < -0.3 is 15.5 Å². The molecule has 0 atom stereocenters. The van der Waals surface area contributed by atoms with Crippen LogP contribution in [0.25, 0.3) is 22.3 Å². The second-order valence-electron chi connectivity index (χ2n) is 6.67. The number of carbonyl (C=O) groups excluding carboxylic acids is 1. The molecule has 2 aliphatic rings. The maximum Gasteiger partial charge on any atom is 0.322 e. The van der Waals surface area contributed by atoms with Crippen LogP contribution in [-0.2, 0) is 0 Å². The van der Waals surface area contributed by atoms with Crippen molar-refractivity contribution >= 4 is 22.6 Å². The number of carbonyl (C=O) groups is 1. The van der Waals surface area contributed by atoms with Crippen molar-refractivity contribution in [2.24, 2.45) is 0 Å². The van der Waals surface area contributed by atoms with Crippen LogP contribution in [0, 0.1) is 0 Å². The number of aromatic nitrogens is 5. The Labute approximate surface area is 143 Å². The largest absolute Gasteiger partial charge is 0.322 e. The predicted octanol–water partition coefficient (Wildman–Crippen LogP) is 1.32. The normalized spacial score (nSPS) is 18.6. The van der Waals surface area contributed by atoms with Gasteiger partial charge in [-0.2, -0.15) is 10.2 Å². The van der Waals surface area contributed by atoms with Gasteiger partial charge in [0.05, 0.1) is 34.8 Å². The van der Waals surface area contributed by atoms with Gasteiger partial charge in [-0.3, -0.25) is 15.2 Å². The monoisotopic (exact) mass is 338 g/mol. The highest BCUT2D eigenvalue weighted by Gasteiger charge is 2.51. The van der Waals surface area contributed by atoms with Gasteiger partial charge in [-0.15, -0.1) is 0 Å². The minimum Gasteiger partial charge on any atom is -0.316 e. The van der Waals surface area contributed by atoms with Crippen LogP contribution < -0.4 is 10.6 Å². The van der Waals surface area contributed by atoms with Crippen molar-refractivity contribution in [1.29, 1.82) is 0 Å². The van der Waals surface area contributed by atoms with E-state index in [1.165, 1.54) is 0 Å². The highest BCUT2D eigenvalue weighted by Crippen LogP contribution is 2.42. The van der Waals surface area contributed by atoms with Gasteiger partial charge in [0.2, 0.25) is 0 Å². The van der Waals surface area contributed by atoms with Gasteiger partial charge in [0.25, 0.3) is 0 Å². The standard InChI is InChI=1S/C16H18N8O/c25-15(24-4-3-17-9-16(24)1-2-16)21-13-8-20-23-14(13)12-5-11-10(6-18-12)7-19-22-11/h5-8,17H,1-4,9H2,(H,19,22)(H,20,23)(H,21,25). The molecule has 3 aromatic rings. The number of urea groups is 1. The van der Waals surface area contributed by atoms with E-state index in [1.807, 2.05) is 11.0 Å². The molecule has 9 nitrogen and oxygen atoms in total. The second kappa shape index (κ2) is 5.28. The van der Waals surface area contributed by atoms with Crippen molar-refractivity contribution in [3.63, 3.8) is 0 Å². The maximum absolute atomic E-state index is 12.8. The average Bonchev–Trinajstić information content (AvgIpc) is 3.05. The molecule has 1 aliphatic carbocycles. The van der Waals surface area contributed by atoms with Crippen molar-refractivity contribution in [2.75, 3.05) is 25.0 Å². The molecular weight excluding hydrogens is 320 g/mol. The minimum absolute atomic E-state index is 0.000684. The zero-order valence-corrected chi connectivity index (χ0v) is 13.5. The van der Waals surface area contributed by atoms with Crippen LogP contribution in [0.3, 0.4) is 0 Å². The molecule has 3 aromatic heterocycles. The molecule has 5 rings (SSSR count). The number of amides is 2. The number of fused-ring (bicyclic) bond motifs is 1. The molecule has 4 heterocycles. The van der Waals surface area contributed by atoms with Gasteiger partial charge in [0.1, 0.15) is 5.69 Å². The number of rotatable bonds is 2. The summed E-state index contributed by atoms with van der Waals surface area (Å²) in [6.45, 7) is 2.42. The van der Waals surface area contributed by atoms with Crippen LogP contribution in [0.4, 0.5) is 10.5 Å². The van der Waals surface area contributed by atoms with E-state index >= 15 is 0 Å². The fourth-order valence-electron chi connectivity index (χ4n) is 3.49. The van der Waals surface area contributed by atoms with Gasteiger partial charge in [-0.1, -0.05) is 0 Å². The lowest BCUT2D eigenvalue weighted by Crippen LogP contribution is -2.56. The summed E-state index contributed by atoms with van der Waals surface area (Å²) in [5.74, 6) is 0. The topological polar surface area (TPSA) is 115 Å². The predicted molar refractivity (Wildman–Crippen MR) is 92.0 cm³/mol. The lowest BCUT2D eigenvalue weighted by Gasteiger charge is -2.36. The number of nitrogens with zero attached hydrogens (tertiary/aromatic N) is 4. The maximum atomic E-state index is 12.8. The first-order chi connectivity index (χ1) is 12.3. The number of hydrogen-bond donors (Lipinski definition) is 4. The molecule has 2 amide bonds. The molecule has 25 heavy (non-hydrogen) atoms. The van der Waals surface area contributed by atoms with E-state index in [1.54, 1.807) is 18.6 Å². The van der Waals surface area contributed by atoms with E-state index in [4.69, 9.17) is 0 Å². The Morgan fingerprint density at radius 1 is 1.20 bits per heavy atom. The van der Waals surface area contributed by atoms with Crippen LogP contribution >= 0.6 is 0 Å². The highest BCUT2D eigenvalue weighted by atomic mass is 16.2. The molecule has 0 unspecified atom stereocenters. The van der Waals surface area contributed by atoms with Crippen molar-refractivity contribution in [1.82, 2.24) is 35.6 Å². The summed E-state index contributed by atoms with van der Waals surface area (Å²) in [6.07, 6.45) is 7.21.